The van der Waals surface area contributed by atoms with Crippen LogP contribution in [0.4, 0.5) is 5.69 Å². The summed E-state index contributed by atoms with van der Waals surface area (Å²) in [7, 11) is 0. The second kappa shape index (κ2) is 9.14. The Morgan fingerprint density at radius 2 is 1.77 bits per heavy atom. The fourth-order valence-corrected chi connectivity index (χ4v) is 3.63. The maximum atomic E-state index is 13.2. The van der Waals surface area contributed by atoms with Crippen LogP contribution in [0.15, 0.2) is 80.4 Å². The molecule has 4 aromatic rings. The van der Waals surface area contributed by atoms with E-state index in [-0.39, 0.29) is 16.9 Å². The Balaban J connectivity index is 1.71. The summed E-state index contributed by atoms with van der Waals surface area (Å²) in [5.41, 5.74) is 0.952. The zero-order valence-corrected chi connectivity index (χ0v) is 18.9. The lowest BCUT2D eigenvalue weighted by atomic mass is 10.1. The largest absolute Gasteiger partial charge is 0.476 e. The number of hydrogen-bond acceptors (Lipinski definition) is 4. The van der Waals surface area contributed by atoms with E-state index in [0.29, 0.717) is 26.9 Å². The van der Waals surface area contributed by atoms with E-state index in [4.69, 9.17) is 32.4 Å². The zero-order valence-electron chi connectivity index (χ0n) is 15.8. The van der Waals surface area contributed by atoms with Crippen molar-refractivity contribution in [2.45, 2.75) is 0 Å². The lowest BCUT2D eigenvalue weighted by Crippen LogP contribution is -2.22. The van der Waals surface area contributed by atoms with Crippen molar-refractivity contribution in [1.82, 2.24) is 0 Å². The molecule has 0 spiro atoms. The molecule has 0 saturated carbocycles. The van der Waals surface area contributed by atoms with Crippen LogP contribution in [0, 0.1) is 0 Å². The topological polar surface area (TPSA) is 68.5 Å². The number of hydrogen-bond donors (Lipinski definition) is 1. The van der Waals surface area contributed by atoms with Gasteiger partial charge in [-0.3, -0.25) is 9.59 Å². The molecular formula is C23H14BrCl2NO4. The molecule has 1 amide bonds. The molecule has 3 aromatic carbocycles. The number of carbonyl (C=O) groups is 1. The first-order chi connectivity index (χ1) is 14.9. The van der Waals surface area contributed by atoms with Gasteiger partial charge in [0.05, 0.1) is 10.4 Å². The van der Waals surface area contributed by atoms with E-state index < -0.39 is 17.9 Å². The van der Waals surface area contributed by atoms with Gasteiger partial charge in [0, 0.05) is 20.7 Å². The van der Waals surface area contributed by atoms with Crippen molar-refractivity contribution in [3.63, 3.8) is 0 Å². The fraction of sp³-hybridized carbons (Fsp3) is 0.0435. The van der Waals surface area contributed by atoms with Gasteiger partial charge in [-0.1, -0.05) is 51.3 Å². The summed E-state index contributed by atoms with van der Waals surface area (Å²) in [6.45, 7) is -0.398. The van der Waals surface area contributed by atoms with Gasteiger partial charge in [0.1, 0.15) is 5.58 Å². The number of rotatable bonds is 5. The average molecular weight is 519 g/mol. The molecule has 1 heterocycles. The quantitative estimate of drug-likeness (QED) is 0.325. The number of amides is 1. The lowest BCUT2D eigenvalue weighted by Gasteiger charge is -2.13. The van der Waals surface area contributed by atoms with Crippen LogP contribution < -0.4 is 15.5 Å². The molecule has 31 heavy (non-hydrogen) atoms. The average Bonchev–Trinajstić information content (AvgIpc) is 2.75. The van der Waals surface area contributed by atoms with Crippen LogP contribution in [0.25, 0.3) is 22.3 Å². The highest BCUT2D eigenvalue weighted by atomic mass is 79.9. The maximum Gasteiger partial charge on any atom is 0.262 e. The second-order valence-corrected chi connectivity index (χ2v) is 8.31. The van der Waals surface area contributed by atoms with Gasteiger partial charge in [0.2, 0.25) is 11.2 Å². The van der Waals surface area contributed by atoms with E-state index in [2.05, 4.69) is 21.2 Å². The minimum Gasteiger partial charge on any atom is -0.476 e. The summed E-state index contributed by atoms with van der Waals surface area (Å²) in [6.07, 6.45) is 0. The van der Waals surface area contributed by atoms with E-state index in [9.17, 15) is 9.59 Å². The molecule has 8 heteroatoms. The van der Waals surface area contributed by atoms with Crippen LogP contribution >= 0.6 is 39.1 Å². The van der Waals surface area contributed by atoms with Gasteiger partial charge in [-0.15, -0.1) is 0 Å². The number of benzene rings is 3. The summed E-state index contributed by atoms with van der Waals surface area (Å²) in [6, 6.07) is 18.7. The van der Waals surface area contributed by atoms with E-state index in [1.807, 2.05) is 0 Å². The number of ether oxygens (including phenoxy) is 1. The summed E-state index contributed by atoms with van der Waals surface area (Å²) >= 11 is 15.7. The van der Waals surface area contributed by atoms with Crippen molar-refractivity contribution in [1.29, 1.82) is 0 Å². The molecule has 0 unspecified atom stereocenters. The molecule has 0 aliphatic carbocycles. The van der Waals surface area contributed by atoms with Gasteiger partial charge in [-0.25, -0.2) is 0 Å². The molecule has 0 saturated heterocycles. The molecule has 1 N–H and O–H groups in total. The molecule has 0 fully saturated rings. The molecule has 0 atom stereocenters. The number of fused-ring (bicyclic) bond motifs is 1. The lowest BCUT2D eigenvalue weighted by molar-refractivity contribution is -0.118. The van der Waals surface area contributed by atoms with Crippen LogP contribution in [0.1, 0.15) is 0 Å². The molecule has 0 bridgehead atoms. The third-order valence-corrected chi connectivity index (χ3v) is 5.50. The van der Waals surface area contributed by atoms with Crippen molar-refractivity contribution >= 4 is 61.7 Å². The normalized spacial score (nSPS) is 10.8. The molecule has 0 aliphatic rings. The molecule has 4 rings (SSSR count). The van der Waals surface area contributed by atoms with Crippen LogP contribution in [0.3, 0.4) is 0 Å². The highest BCUT2D eigenvalue weighted by Gasteiger charge is 2.20. The van der Waals surface area contributed by atoms with E-state index >= 15 is 0 Å². The van der Waals surface area contributed by atoms with E-state index in [0.717, 1.165) is 4.47 Å². The van der Waals surface area contributed by atoms with Crippen LogP contribution in [0.2, 0.25) is 10.0 Å². The zero-order chi connectivity index (χ0) is 22.0. The predicted molar refractivity (Wildman–Crippen MR) is 126 cm³/mol. The van der Waals surface area contributed by atoms with Crippen molar-refractivity contribution < 1.29 is 13.9 Å². The first-order valence-corrected chi connectivity index (χ1v) is 10.7. The van der Waals surface area contributed by atoms with Gasteiger partial charge >= 0.3 is 0 Å². The van der Waals surface area contributed by atoms with Gasteiger partial charge < -0.3 is 14.5 Å². The first-order valence-electron chi connectivity index (χ1n) is 9.12. The molecule has 1 aromatic heterocycles. The Labute approximate surface area is 195 Å². The second-order valence-electron chi connectivity index (χ2n) is 6.55. The molecule has 156 valence electrons. The minimum absolute atomic E-state index is 0.117. The monoisotopic (exact) mass is 517 g/mol. The Morgan fingerprint density at radius 1 is 1.03 bits per heavy atom. The molecule has 0 radical (unpaired) electrons. The van der Waals surface area contributed by atoms with Gasteiger partial charge in [-0.2, -0.15) is 0 Å². The number of carbonyl (C=O) groups excluding carboxylic acids is 1. The molecular weight excluding hydrogens is 505 g/mol. The van der Waals surface area contributed by atoms with Crippen molar-refractivity contribution in [2.24, 2.45) is 0 Å². The third kappa shape index (κ3) is 4.77. The van der Waals surface area contributed by atoms with Gasteiger partial charge in [-0.05, 0) is 54.6 Å². The van der Waals surface area contributed by atoms with Crippen LogP contribution in [-0.4, -0.2) is 12.5 Å². The standard InChI is InChI=1S/C23H14BrCl2NO4/c24-13-5-8-15(9-6-13)27-20(28)12-30-23-21(29)17-11-14(25)7-10-19(17)31-22(23)16-3-1-2-4-18(16)26/h1-11H,12H2,(H,27,28). The Kier molecular flexibility index (Phi) is 6.32. The SMILES string of the molecule is O=C(COc1c(-c2ccccc2Cl)oc2ccc(Cl)cc2c1=O)Nc1ccc(Br)cc1. The first kappa shape index (κ1) is 21.4. The highest BCUT2D eigenvalue weighted by molar-refractivity contribution is 9.10. The van der Waals surface area contributed by atoms with Crippen molar-refractivity contribution in [3.8, 4) is 17.1 Å². The molecule has 0 aliphatic heterocycles. The number of halogens is 3. The van der Waals surface area contributed by atoms with Gasteiger partial charge in [0.15, 0.2) is 12.4 Å². The summed E-state index contributed by atoms with van der Waals surface area (Å²) in [5.74, 6) is -0.409. The van der Waals surface area contributed by atoms with E-state index in [1.165, 1.54) is 6.07 Å². The van der Waals surface area contributed by atoms with E-state index in [1.54, 1.807) is 60.7 Å². The number of nitrogens with one attached hydrogen (secondary N) is 1. The highest BCUT2D eigenvalue weighted by Crippen LogP contribution is 2.35. The maximum absolute atomic E-state index is 13.2. The molecule has 5 nitrogen and oxygen atoms in total. The summed E-state index contributed by atoms with van der Waals surface area (Å²) in [4.78, 5) is 25.6. The van der Waals surface area contributed by atoms with Gasteiger partial charge in [0.25, 0.3) is 5.91 Å². The van der Waals surface area contributed by atoms with Crippen LogP contribution in [0.5, 0.6) is 5.75 Å². The Hall–Kier alpha value is -2.80. The van der Waals surface area contributed by atoms with Crippen LogP contribution in [-0.2, 0) is 4.79 Å². The Bertz CT molecular complexity index is 1340. The number of anilines is 1. The third-order valence-electron chi connectivity index (χ3n) is 4.40. The minimum atomic E-state index is -0.449. The summed E-state index contributed by atoms with van der Waals surface area (Å²) in [5, 5.41) is 3.71. The Morgan fingerprint density at radius 3 is 2.52 bits per heavy atom. The predicted octanol–water partition coefficient (Wildman–Crippen LogP) is 6.55. The fourth-order valence-electron chi connectivity index (χ4n) is 2.97. The summed E-state index contributed by atoms with van der Waals surface area (Å²) < 4.78 is 12.5. The van der Waals surface area contributed by atoms with Crippen molar-refractivity contribution in [2.75, 3.05) is 11.9 Å². The van der Waals surface area contributed by atoms with Crippen molar-refractivity contribution in [3.05, 3.63) is 91.5 Å². The smallest absolute Gasteiger partial charge is 0.262 e.